The maximum absolute atomic E-state index is 13.7. The van der Waals surface area contributed by atoms with Gasteiger partial charge in [-0.05, 0) is 44.2 Å². The second kappa shape index (κ2) is 6.84. The van der Waals surface area contributed by atoms with Crippen LogP contribution in [-0.2, 0) is 6.54 Å². The fraction of sp³-hybridized carbons (Fsp3) is 0.647. The van der Waals surface area contributed by atoms with E-state index in [0.717, 1.165) is 19.0 Å². The molecule has 1 aromatic rings. The predicted octanol–water partition coefficient (Wildman–Crippen LogP) is 3.37. The van der Waals surface area contributed by atoms with Gasteiger partial charge in [0.15, 0.2) is 0 Å². The Bertz CT molecular complexity index is 472. The molecule has 3 atom stereocenters. The molecule has 0 spiro atoms. The molecular weight excluding hydrogens is 270 g/mol. The van der Waals surface area contributed by atoms with Gasteiger partial charge in [0.2, 0.25) is 0 Å². The summed E-state index contributed by atoms with van der Waals surface area (Å²) in [7, 11) is 0. The molecule has 0 radical (unpaired) electrons. The summed E-state index contributed by atoms with van der Waals surface area (Å²) < 4.78 is 26.7. The van der Waals surface area contributed by atoms with Crippen LogP contribution in [0.2, 0.25) is 0 Å². The van der Waals surface area contributed by atoms with Crippen molar-refractivity contribution in [1.29, 1.82) is 0 Å². The summed E-state index contributed by atoms with van der Waals surface area (Å²) in [5.74, 6) is -0.319. The van der Waals surface area contributed by atoms with E-state index in [4.69, 9.17) is 0 Å². The predicted molar refractivity (Wildman–Crippen MR) is 80.0 cm³/mol. The molecule has 2 N–H and O–H groups in total. The lowest BCUT2D eigenvalue weighted by Crippen LogP contribution is -2.46. The summed E-state index contributed by atoms with van der Waals surface area (Å²) in [4.78, 5) is 0. The fourth-order valence-corrected chi connectivity index (χ4v) is 3.88. The first-order valence-corrected chi connectivity index (χ1v) is 8.15. The minimum atomic E-state index is -0.512. The summed E-state index contributed by atoms with van der Waals surface area (Å²) >= 11 is 0. The van der Waals surface area contributed by atoms with Crippen molar-refractivity contribution in [2.75, 3.05) is 6.54 Å². The molecular formula is C17H24F2N2. The molecule has 1 aromatic carbocycles. The first-order chi connectivity index (χ1) is 10.2. The third kappa shape index (κ3) is 3.61. The van der Waals surface area contributed by atoms with Gasteiger partial charge >= 0.3 is 0 Å². The first-order valence-electron chi connectivity index (χ1n) is 8.15. The molecule has 1 saturated heterocycles. The number of nitrogens with one attached hydrogen (secondary N) is 2. The lowest BCUT2D eigenvalue weighted by atomic mass is 9.79. The maximum atomic E-state index is 13.7. The highest BCUT2D eigenvalue weighted by atomic mass is 19.1. The highest BCUT2D eigenvalue weighted by Gasteiger charge is 2.32. The monoisotopic (exact) mass is 294 g/mol. The largest absolute Gasteiger partial charge is 0.314 e. The van der Waals surface area contributed by atoms with Crippen molar-refractivity contribution >= 4 is 0 Å². The van der Waals surface area contributed by atoms with Crippen LogP contribution in [-0.4, -0.2) is 18.6 Å². The van der Waals surface area contributed by atoms with Crippen molar-refractivity contribution in [1.82, 2.24) is 10.6 Å². The molecule has 1 aliphatic heterocycles. The molecule has 1 heterocycles. The quantitative estimate of drug-likeness (QED) is 0.889. The highest BCUT2D eigenvalue weighted by Crippen LogP contribution is 2.30. The zero-order valence-electron chi connectivity index (χ0n) is 12.4. The molecule has 2 nitrogen and oxygen atoms in total. The summed E-state index contributed by atoms with van der Waals surface area (Å²) in [6.07, 6.45) is 7.47. The minimum absolute atomic E-state index is 0.443. The van der Waals surface area contributed by atoms with Gasteiger partial charge < -0.3 is 10.6 Å². The number of benzene rings is 1. The van der Waals surface area contributed by atoms with Gasteiger partial charge in [0.05, 0.1) is 0 Å². The van der Waals surface area contributed by atoms with Crippen LogP contribution in [0.3, 0.4) is 0 Å². The molecule has 0 amide bonds. The second-order valence-corrected chi connectivity index (χ2v) is 6.37. The van der Waals surface area contributed by atoms with Crippen molar-refractivity contribution in [3.05, 3.63) is 35.4 Å². The van der Waals surface area contributed by atoms with Gasteiger partial charge in [-0.2, -0.15) is 0 Å². The van der Waals surface area contributed by atoms with Gasteiger partial charge in [-0.1, -0.05) is 18.9 Å². The van der Waals surface area contributed by atoms with E-state index in [1.165, 1.54) is 38.2 Å². The van der Waals surface area contributed by atoms with E-state index in [1.54, 1.807) is 6.07 Å². The van der Waals surface area contributed by atoms with Crippen molar-refractivity contribution < 1.29 is 8.78 Å². The van der Waals surface area contributed by atoms with Crippen LogP contribution >= 0.6 is 0 Å². The fourth-order valence-electron chi connectivity index (χ4n) is 3.88. The van der Waals surface area contributed by atoms with Crippen LogP contribution in [0.5, 0.6) is 0 Å². The molecule has 116 valence electrons. The molecule has 21 heavy (non-hydrogen) atoms. The zero-order chi connectivity index (χ0) is 14.7. The maximum Gasteiger partial charge on any atom is 0.130 e. The average Bonchev–Trinajstić information content (AvgIpc) is 3.01. The topological polar surface area (TPSA) is 24.1 Å². The Labute approximate surface area is 125 Å². The number of rotatable bonds is 4. The van der Waals surface area contributed by atoms with E-state index in [-0.39, 0.29) is 0 Å². The lowest BCUT2D eigenvalue weighted by molar-refractivity contribution is 0.213. The van der Waals surface area contributed by atoms with Crippen LogP contribution in [0.4, 0.5) is 8.78 Å². The van der Waals surface area contributed by atoms with Crippen LogP contribution in [0.25, 0.3) is 0 Å². The summed E-state index contributed by atoms with van der Waals surface area (Å²) in [5, 5.41) is 7.13. The zero-order valence-corrected chi connectivity index (χ0v) is 12.4. The van der Waals surface area contributed by atoms with Crippen LogP contribution in [0.15, 0.2) is 18.2 Å². The first kappa shape index (κ1) is 14.9. The summed E-state index contributed by atoms with van der Waals surface area (Å²) in [6, 6.07) is 4.90. The Hall–Kier alpha value is -1.00. The highest BCUT2D eigenvalue weighted by molar-refractivity contribution is 5.18. The minimum Gasteiger partial charge on any atom is -0.314 e. The lowest BCUT2D eigenvalue weighted by Gasteiger charge is -2.36. The van der Waals surface area contributed by atoms with Crippen LogP contribution in [0, 0.1) is 17.6 Å². The molecule has 3 unspecified atom stereocenters. The third-order valence-corrected chi connectivity index (χ3v) is 5.00. The molecule has 2 fully saturated rings. The van der Waals surface area contributed by atoms with Gasteiger partial charge in [-0.15, -0.1) is 0 Å². The van der Waals surface area contributed by atoms with Gasteiger partial charge in [-0.25, -0.2) is 8.78 Å². The Morgan fingerprint density at radius 3 is 2.71 bits per heavy atom. The van der Waals surface area contributed by atoms with Gasteiger partial charge in [0.25, 0.3) is 0 Å². The summed E-state index contributed by atoms with van der Waals surface area (Å²) in [5.41, 5.74) is 0.556. The van der Waals surface area contributed by atoms with Crippen molar-refractivity contribution in [2.24, 2.45) is 5.92 Å². The van der Waals surface area contributed by atoms with Crippen molar-refractivity contribution in [2.45, 2.75) is 57.2 Å². The van der Waals surface area contributed by atoms with Gasteiger partial charge in [0, 0.05) is 30.3 Å². The van der Waals surface area contributed by atoms with E-state index < -0.39 is 11.6 Å². The Kier molecular flexibility index (Phi) is 4.86. The molecule has 2 aliphatic rings. The molecule has 0 aromatic heterocycles. The van der Waals surface area contributed by atoms with E-state index in [1.807, 2.05) is 0 Å². The number of halogens is 2. The number of hydrogen-bond donors (Lipinski definition) is 2. The molecule has 4 heteroatoms. The standard InChI is InChI=1S/C17H24F2N2/c18-13-8-7-12(15(19)10-13)11-21-17-5-2-1-4-14(17)16-6-3-9-20-16/h7-8,10,14,16-17,20-21H,1-6,9,11H2. The molecule has 0 bridgehead atoms. The third-order valence-electron chi connectivity index (χ3n) is 5.00. The number of hydrogen-bond acceptors (Lipinski definition) is 2. The second-order valence-electron chi connectivity index (χ2n) is 6.37. The van der Waals surface area contributed by atoms with Gasteiger partial charge in [0.1, 0.15) is 11.6 Å². The van der Waals surface area contributed by atoms with Gasteiger partial charge in [-0.3, -0.25) is 0 Å². The van der Waals surface area contributed by atoms with E-state index in [2.05, 4.69) is 10.6 Å². The Balaban J connectivity index is 1.61. The van der Waals surface area contributed by atoms with Crippen LogP contribution < -0.4 is 10.6 Å². The van der Waals surface area contributed by atoms with Crippen molar-refractivity contribution in [3.63, 3.8) is 0 Å². The molecule has 1 saturated carbocycles. The molecule has 1 aliphatic carbocycles. The van der Waals surface area contributed by atoms with E-state index >= 15 is 0 Å². The van der Waals surface area contributed by atoms with E-state index in [9.17, 15) is 8.78 Å². The summed E-state index contributed by atoms with van der Waals surface area (Å²) in [6.45, 7) is 1.61. The smallest absolute Gasteiger partial charge is 0.130 e. The average molecular weight is 294 g/mol. The normalized spacial score (nSPS) is 29.7. The molecule has 3 rings (SSSR count). The Morgan fingerprint density at radius 2 is 1.95 bits per heavy atom. The van der Waals surface area contributed by atoms with Crippen LogP contribution in [0.1, 0.15) is 44.1 Å². The SMILES string of the molecule is Fc1ccc(CNC2CCCCC2C2CCCN2)c(F)c1. The van der Waals surface area contributed by atoms with E-state index in [0.29, 0.717) is 30.1 Å². The Morgan fingerprint density at radius 1 is 1.10 bits per heavy atom. The van der Waals surface area contributed by atoms with Crippen molar-refractivity contribution in [3.8, 4) is 0 Å².